The third-order valence-electron chi connectivity index (χ3n) is 2.75. The molecule has 2 N–H and O–H groups in total. The van der Waals surface area contributed by atoms with E-state index in [0.29, 0.717) is 24.0 Å². The zero-order valence-electron chi connectivity index (χ0n) is 10.5. The van der Waals surface area contributed by atoms with Gasteiger partial charge in [-0.1, -0.05) is 33.2 Å². The molecule has 0 fully saturated rings. The number of pyridine rings is 1. The maximum Gasteiger partial charge on any atom is 0.259 e. The van der Waals surface area contributed by atoms with Crippen LogP contribution in [0.3, 0.4) is 0 Å². The molecule has 100 valence electrons. The van der Waals surface area contributed by atoms with E-state index in [1.165, 1.54) is 0 Å². The van der Waals surface area contributed by atoms with Crippen LogP contribution < -0.4 is 5.73 Å². The van der Waals surface area contributed by atoms with E-state index >= 15 is 0 Å². The third kappa shape index (κ3) is 2.85. The Labute approximate surface area is 124 Å². The average molecular weight is 331 g/mol. The highest BCUT2D eigenvalue weighted by atomic mass is 79.9. The molecule has 0 bridgehead atoms. The van der Waals surface area contributed by atoms with Gasteiger partial charge in [-0.15, -0.1) is 0 Å². The summed E-state index contributed by atoms with van der Waals surface area (Å²) in [5, 5.41) is 3.98. The Kier molecular flexibility index (Phi) is 3.47. The Morgan fingerprint density at radius 1 is 1.20 bits per heavy atom. The number of anilines is 1. The summed E-state index contributed by atoms with van der Waals surface area (Å²) in [5.41, 5.74) is 7.41. The molecule has 0 aliphatic rings. The molecule has 0 saturated heterocycles. The number of nitrogen functional groups attached to an aromatic ring is 1. The van der Waals surface area contributed by atoms with Crippen molar-refractivity contribution in [3.63, 3.8) is 0 Å². The van der Waals surface area contributed by atoms with E-state index in [0.717, 1.165) is 15.6 Å². The predicted octanol–water partition coefficient (Wildman–Crippen LogP) is 3.07. The van der Waals surface area contributed by atoms with Crippen molar-refractivity contribution in [2.75, 3.05) is 5.73 Å². The van der Waals surface area contributed by atoms with Crippen LogP contribution in [0.1, 0.15) is 11.4 Å². The lowest BCUT2D eigenvalue weighted by atomic mass is 10.1. The van der Waals surface area contributed by atoms with Gasteiger partial charge in [0.15, 0.2) is 5.82 Å². The fourth-order valence-corrected chi connectivity index (χ4v) is 2.25. The molecular formula is C14H11BrN4O. The van der Waals surface area contributed by atoms with Crippen molar-refractivity contribution < 1.29 is 4.52 Å². The average Bonchev–Trinajstić information content (AvgIpc) is 2.88. The maximum absolute atomic E-state index is 5.54. The highest BCUT2D eigenvalue weighted by Gasteiger charge is 2.09. The first kappa shape index (κ1) is 12.8. The van der Waals surface area contributed by atoms with E-state index in [4.69, 9.17) is 10.3 Å². The molecule has 20 heavy (non-hydrogen) atoms. The maximum atomic E-state index is 5.54. The van der Waals surface area contributed by atoms with E-state index in [1.54, 1.807) is 18.3 Å². The molecule has 6 heteroatoms. The molecular weight excluding hydrogens is 320 g/mol. The second kappa shape index (κ2) is 5.42. The van der Waals surface area contributed by atoms with Crippen LogP contribution in [0.15, 0.2) is 51.6 Å². The van der Waals surface area contributed by atoms with Crippen LogP contribution in [0, 0.1) is 0 Å². The van der Waals surface area contributed by atoms with Crippen molar-refractivity contribution in [1.29, 1.82) is 0 Å². The molecule has 3 rings (SSSR count). The minimum absolute atomic E-state index is 0.447. The van der Waals surface area contributed by atoms with Gasteiger partial charge in [-0.05, 0) is 29.8 Å². The van der Waals surface area contributed by atoms with Gasteiger partial charge in [0.05, 0.1) is 5.56 Å². The molecule has 0 aliphatic heterocycles. The van der Waals surface area contributed by atoms with Crippen molar-refractivity contribution in [1.82, 2.24) is 15.1 Å². The Morgan fingerprint density at radius 3 is 2.85 bits per heavy atom. The number of hydrogen-bond acceptors (Lipinski definition) is 5. The number of nitrogens with two attached hydrogens (primary N) is 1. The van der Waals surface area contributed by atoms with Crippen LogP contribution in [-0.2, 0) is 6.42 Å². The molecule has 2 aromatic heterocycles. The predicted molar refractivity (Wildman–Crippen MR) is 78.9 cm³/mol. The van der Waals surface area contributed by atoms with Gasteiger partial charge in [-0.3, -0.25) is 0 Å². The fourth-order valence-electron chi connectivity index (χ4n) is 1.80. The van der Waals surface area contributed by atoms with Crippen molar-refractivity contribution >= 4 is 21.7 Å². The van der Waals surface area contributed by atoms with Gasteiger partial charge in [0.1, 0.15) is 5.82 Å². The number of aromatic nitrogens is 3. The number of rotatable bonds is 3. The summed E-state index contributed by atoms with van der Waals surface area (Å²) in [5.74, 6) is 1.54. The molecule has 0 radical (unpaired) electrons. The summed E-state index contributed by atoms with van der Waals surface area (Å²) in [6, 6.07) is 11.5. The van der Waals surface area contributed by atoms with Crippen molar-refractivity contribution in [3.05, 3.63) is 58.5 Å². The fraction of sp³-hybridized carbons (Fsp3) is 0.0714. The van der Waals surface area contributed by atoms with Crippen LogP contribution >= 0.6 is 15.9 Å². The molecule has 0 unspecified atom stereocenters. The van der Waals surface area contributed by atoms with Crippen LogP contribution in [0.4, 0.5) is 5.82 Å². The van der Waals surface area contributed by atoms with E-state index in [1.807, 2.05) is 24.3 Å². The van der Waals surface area contributed by atoms with E-state index in [2.05, 4.69) is 31.1 Å². The van der Waals surface area contributed by atoms with Crippen molar-refractivity contribution in [3.8, 4) is 11.5 Å². The van der Waals surface area contributed by atoms with Gasteiger partial charge in [-0.2, -0.15) is 4.98 Å². The first-order valence-electron chi connectivity index (χ1n) is 5.99. The summed E-state index contributed by atoms with van der Waals surface area (Å²) in [6.45, 7) is 0. The Balaban J connectivity index is 1.82. The Bertz CT molecular complexity index is 724. The van der Waals surface area contributed by atoms with Gasteiger partial charge in [0, 0.05) is 17.1 Å². The molecule has 0 saturated carbocycles. The quantitative estimate of drug-likeness (QED) is 0.798. The Morgan fingerprint density at radius 2 is 2.10 bits per heavy atom. The number of hydrogen-bond donors (Lipinski definition) is 1. The van der Waals surface area contributed by atoms with Crippen molar-refractivity contribution in [2.24, 2.45) is 0 Å². The summed E-state index contributed by atoms with van der Waals surface area (Å²) in [7, 11) is 0. The minimum Gasteiger partial charge on any atom is -0.384 e. The molecule has 0 atom stereocenters. The molecule has 3 aromatic rings. The first-order chi connectivity index (χ1) is 9.70. The second-order valence-corrected chi connectivity index (χ2v) is 5.21. The summed E-state index contributed by atoms with van der Waals surface area (Å²) in [4.78, 5) is 8.37. The van der Waals surface area contributed by atoms with E-state index < -0.39 is 0 Å². The number of nitrogens with zero attached hydrogens (tertiary/aromatic N) is 3. The lowest BCUT2D eigenvalue weighted by molar-refractivity contribution is 0.424. The zero-order chi connectivity index (χ0) is 13.9. The van der Waals surface area contributed by atoms with Gasteiger partial charge in [-0.25, -0.2) is 4.98 Å². The Hall–Kier alpha value is -2.21. The highest BCUT2D eigenvalue weighted by molar-refractivity contribution is 9.10. The molecule has 5 nitrogen and oxygen atoms in total. The lowest BCUT2D eigenvalue weighted by Gasteiger charge is -1.97. The molecule has 2 heterocycles. The van der Waals surface area contributed by atoms with Gasteiger partial charge >= 0.3 is 0 Å². The largest absolute Gasteiger partial charge is 0.384 e. The van der Waals surface area contributed by atoms with Gasteiger partial charge in [0.2, 0.25) is 0 Å². The van der Waals surface area contributed by atoms with Gasteiger partial charge < -0.3 is 10.3 Å². The van der Waals surface area contributed by atoms with Crippen LogP contribution in [0.25, 0.3) is 11.5 Å². The summed E-state index contributed by atoms with van der Waals surface area (Å²) >= 11 is 3.44. The standard InChI is InChI=1S/C14H11BrN4O/c15-11-3-1-2-9(6-11)7-13-18-14(20-19-13)10-4-5-12(16)17-8-10/h1-6,8H,7H2,(H2,16,17). The van der Waals surface area contributed by atoms with Crippen LogP contribution in [-0.4, -0.2) is 15.1 Å². The SMILES string of the molecule is Nc1ccc(-c2nc(Cc3cccc(Br)c3)no2)cn1. The third-order valence-corrected chi connectivity index (χ3v) is 3.25. The van der Waals surface area contributed by atoms with E-state index in [-0.39, 0.29) is 0 Å². The van der Waals surface area contributed by atoms with E-state index in [9.17, 15) is 0 Å². The number of benzene rings is 1. The summed E-state index contributed by atoms with van der Waals surface area (Å²) < 4.78 is 6.27. The molecule has 0 aliphatic carbocycles. The molecule has 1 aromatic carbocycles. The monoisotopic (exact) mass is 330 g/mol. The smallest absolute Gasteiger partial charge is 0.259 e. The molecule has 0 spiro atoms. The lowest BCUT2D eigenvalue weighted by Crippen LogP contribution is -1.91. The minimum atomic E-state index is 0.447. The van der Waals surface area contributed by atoms with Crippen molar-refractivity contribution in [2.45, 2.75) is 6.42 Å². The summed E-state index contributed by atoms with van der Waals surface area (Å²) in [6.07, 6.45) is 2.23. The zero-order valence-corrected chi connectivity index (χ0v) is 12.0. The normalized spacial score (nSPS) is 10.7. The highest BCUT2D eigenvalue weighted by Crippen LogP contribution is 2.19. The first-order valence-corrected chi connectivity index (χ1v) is 6.79. The second-order valence-electron chi connectivity index (χ2n) is 4.29. The molecule has 0 amide bonds. The topological polar surface area (TPSA) is 77.8 Å². The van der Waals surface area contributed by atoms with Gasteiger partial charge in [0.25, 0.3) is 5.89 Å². The van der Waals surface area contributed by atoms with Crippen LogP contribution in [0.5, 0.6) is 0 Å². The van der Waals surface area contributed by atoms with Crippen LogP contribution in [0.2, 0.25) is 0 Å². The number of halogens is 1.